The number of allylic oxidation sites excluding steroid dienone is 1. The summed E-state index contributed by atoms with van der Waals surface area (Å²) in [6.45, 7) is 4.31. The van der Waals surface area contributed by atoms with Gasteiger partial charge in [0, 0.05) is 18.5 Å². The van der Waals surface area contributed by atoms with E-state index < -0.39 is 17.5 Å². The lowest BCUT2D eigenvalue weighted by molar-refractivity contribution is -0.113. The number of halogens is 2. The molecule has 1 N–H and O–H groups in total. The van der Waals surface area contributed by atoms with Gasteiger partial charge in [-0.05, 0) is 25.0 Å². The molecule has 0 bridgehead atoms. The van der Waals surface area contributed by atoms with Crippen molar-refractivity contribution in [2.75, 3.05) is 11.1 Å². The molecule has 0 aliphatic heterocycles. The molecule has 126 valence electrons. The zero-order valence-electron chi connectivity index (χ0n) is 12.8. The van der Waals surface area contributed by atoms with Crippen molar-refractivity contribution in [1.29, 1.82) is 0 Å². The highest BCUT2D eigenvalue weighted by molar-refractivity contribution is 7.99. The van der Waals surface area contributed by atoms with E-state index in [1.54, 1.807) is 6.08 Å². The van der Waals surface area contributed by atoms with E-state index in [4.69, 9.17) is 0 Å². The number of amides is 1. The first-order chi connectivity index (χ1) is 11.6. The van der Waals surface area contributed by atoms with Gasteiger partial charge in [-0.2, -0.15) is 0 Å². The number of rotatable bonds is 7. The van der Waals surface area contributed by atoms with E-state index in [1.807, 2.05) is 4.57 Å². The van der Waals surface area contributed by atoms with Crippen molar-refractivity contribution in [2.24, 2.45) is 0 Å². The lowest BCUT2D eigenvalue weighted by Crippen LogP contribution is -2.15. The Morgan fingerprint density at radius 3 is 2.88 bits per heavy atom. The standard InChI is InChI=1S/C16H16F2N4OS/c1-2-7-22-15(10-3-4-10)20-21-16(22)24-9-14(23)19-13-6-5-11(17)8-12(13)18/h2,5-6,8,10H,1,3-4,7,9H2,(H,19,23). The van der Waals surface area contributed by atoms with Crippen LogP contribution in [0.1, 0.15) is 24.6 Å². The first-order valence-corrected chi connectivity index (χ1v) is 8.48. The van der Waals surface area contributed by atoms with Gasteiger partial charge >= 0.3 is 0 Å². The highest BCUT2D eigenvalue weighted by atomic mass is 32.2. The van der Waals surface area contributed by atoms with Crippen molar-refractivity contribution in [3.63, 3.8) is 0 Å². The molecule has 5 nitrogen and oxygen atoms in total. The summed E-state index contributed by atoms with van der Waals surface area (Å²) in [6.07, 6.45) is 3.96. The predicted molar refractivity (Wildman–Crippen MR) is 87.9 cm³/mol. The summed E-state index contributed by atoms with van der Waals surface area (Å²) in [5, 5.41) is 11.4. The maximum absolute atomic E-state index is 13.5. The van der Waals surface area contributed by atoms with Crippen molar-refractivity contribution in [2.45, 2.75) is 30.5 Å². The summed E-state index contributed by atoms with van der Waals surface area (Å²) in [6, 6.07) is 3.01. The Balaban J connectivity index is 1.62. The van der Waals surface area contributed by atoms with Gasteiger partial charge in [-0.15, -0.1) is 16.8 Å². The van der Waals surface area contributed by atoms with Crippen LogP contribution in [0, 0.1) is 11.6 Å². The number of thioether (sulfide) groups is 1. The monoisotopic (exact) mass is 350 g/mol. The fourth-order valence-electron chi connectivity index (χ4n) is 2.26. The minimum Gasteiger partial charge on any atom is -0.323 e. The van der Waals surface area contributed by atoms with Crippen LogP contribution in [0.5, 0.6) is 0 Å². The number of carbonyl (C=O) groups is 1. The number of aromatic nitrogens is 3. The second-order valence-electron chi connectivity index (χ2n) is 5.48. The minimum absolute atomic E-state index is 0.0479. The smallest absolute Gasteiger partial charge is 0.234 e. The van der Waals surface area contributed by atoms with Gasteiger partial charge in [-0.3, -0.25) is 4.79 Å². The molecule has 0 unspecified atom stereocenters. The Labute approximate surface area is 142 Å². The van der Waals surface area contributed by atoms with Gasteiger partial charge in [0.05, 0.1) is 11.4 Å². The van der Waals surface area contributed by atoms with E-state index in [1.165, 1.54) is 17.8 Å². The Bertz CT molecular complexity index is 773. The normalized spacial score (nSPS) is 13.8. The zero-order valence-corrected chi connectivity index (χ0v) is 13.7. The highest BCUT2D eigenvalue weighted by Gasteiger charge is 2.30. The van der Waals surface area contributed by atoms with Gasteiger partial charge in [0.1, 0.15) is 17.5 Å². The van der Waals surface area contributed by atoms with Crippen molar-refractivity contribution in [1.82, 2.24) is 14.8 Å². The van der Waals surface area contributed by atoms with Crippen LogP contribution in [0.25, 0.3) is 0 Å². The Morgan fingerprint density at radius 1 is 1.42 bits per heavy atom. The number of hydrogen-bond acceptors (Lipinski definition) is 4. The zero-order chi connectivity index (χ0) is 17.1. The van der Waals surface area contributed by atoms with Crippen LogP contribution in [0.15, 0.2) is 36.0 Å². The molecule has 1 fully saturated rings. The molecule has 3 rings (SSSR count). The first kappa shape index (κ1) is 16.6. The van der Waals surface area contributed by atoms with Crippen molar-refractivity contribution >= 4 is 23.4 Å². The van der Waals surface area contributed by atoms with E-state index >= 15 is 0 Å². The number of anilines is 1. The van der Waals surface area contributed by atoms with E-state index in [0.717, 1.165) is 30.8 Å². The molecule has 1 aromatic carbocycles. The molecule has 1 aliphatic carbocycles. The van der Waals surface area contributed by atoms with Crippen molar-refractivity contribution < 1.29 is 13.6 Å². The van der Waals surface area contributed by atoms with Crippen LogP contribution in [0.3, 0.4) is 0 Å². The SMILES string of the molecule is C=CCn1c(SCC(=O)Nc2ccc(F)cc2F)nnc1C1CC1. The number of nitrogens with zero attached hydrogens (tertiary/aromatic N) is 3. The summed E-state index contributed by atoms with van der Waals surface area (Å²) in [7, 11) is 0. The Morgan fingerprint density at radius 2 is 2.21 bits per heavy atom. The largest absolute Gasteiger partial charge is 0.323 e. The average Bonchev–Trinajstić information content (AvgIpc) is 3.31. The fourth-order valence-corrected chi connectivity index (χ4v) is 3.01. The molecule has 0 spiro atoms. The lowest BCUT2D eigenvalue weighted by atomic mass is 10.3. The second-order valence-corrected chi connectivity index (χ2v) is 6.42. The lowest BCUT2D eigenvalue weighted by Gasteiger charge is -2.08. The van der Waals surface area contributed by atoms with Crippen molar-refractivity contribution in [3.05, 3.63) is 48.3 Å². The van der Waals surface area contributed by atoms with E-state index in [2.05, 4.69) is 22.1 Å². The summed E-state index contributed by atoms with van der Waals surface area (Å²) in [5.74, 6) is -0.483. The maximum atomic E-state index is 13.5. The van der Waals surface area contributed by atoms with Crippen LogP contribution in [0.2, 0.25) is 0 Å². The van der Waals surface area contributed by atoms with Crippen LogP contribution in [-0.2, 0) is 11.3 Å². The molecular formula is C16H16F2N4OS. The van der Waals surface area contributed by atoms with Crippen LogP contribution >= 0.6 is 11.8 Å². The van der Waals surface area contributed by atoms with E-state index in [9.17, 15) is 13.6 Å². The minimum atomic E-state index is -0.806. The molecule has 0 radical (unpaired) electrons. The molecule has 0 atom stereocenters. The number of nitrogens with one attached hydrogen (secondary N) is 1. The summed E-state index contributed by atoms with van der Waals surface area (Å²) < 4.78 is 28.3. The van der Waals surface area contributed by atoms with Crippen molar-refractivity contribution in [3.8, 4) is 0 Å². The fraction of sp³-hybridized carbons (Fsp3) is 0.312. The van der Waals surface area contributed by atoms with Crippen LogP contribution in [0.4, 0.5) is 14.5 Å². The number of carbonyl (C=O) groups excluding carboxylic acids is 1. The van der Waals surface area contributed by atoms with Gasteiger partial charge in [0.15, 0.2) is 5.16 Å². The van der Waals surface area contributed by atoms with E-state index in [-0.39, 0.29) is 11.4 Å². The topological polar surface area (TPSA) is 59.8 Å². The van der Waals surface area contributed by atoms with Crippen LogP contribution < -0.4 is 5.32 Å². The number of benzene rings is 1. The second kappa shape index (κ2) is 7.12. The predicted octanol–water partition coefficient (Wildman–Crippen LogP) is 3.35. The third-order valence-corrected chi connectivity index (χ3v) is 4.50. The van der Waals surface area contributed by atoms with Crippen LogP contribution in [-0.4, -0.2) is 26.4 Å². The van der Waals surface area contributed by atoms with Gasteiger partial charge < -0.3 is 9.88 Å². The summed E-state index contributed by atoms with van der Waals surface area (Å²) in [5.41, 5.74) is -0.0479. The number of hydrogen-bond donors (Lipinski definition) is 1. The summed E-state index contributed by atoms with van der Waals surface area (Å²) >= 11 is 1.22. The molecule has 1 heterocycles. The molecule has 1 aromatic heterocycles. The third kappa shape index (κ3) is 3.81. The van der Waals surface area contributed by atoms with Gasteiger partial charge in [-0.25, -0.2) is 8.78 Å². The molecule has 2 aromatic rings. The summed E-state index contributed by atoms with van der Waals surface area (Å²) in [4.78, 5) is 12.0. The molecule has 8 heteroatoms. The first-order valence-electron chi connectivity index (χ1n) is 7.50. The quantitative estimate of drug-likeness (QED) is 0.614. The molecule has 1 amide bonds. The third-order valence-electron chi connectivity index (χ3n) is 3.54. The van der Waals surface area contributed by atoms with E-state index in [0.29, 0.717) is 17.6 Å². The molecular weight excluding hydrogens is 334 g/mol. The van der Waals surface area contributed by atoms with Gasteiger partial charge in [-0.1, -0.05) is 17.8 Å². The average molecular weight is 350 g/mol. The van der Waals surface area contributed by atoms with Gasteiger partial charge in [0.2, 0.25) is 5.91 Å². The molecule has 1 aliphatic rings. The van der Waals surface area contributed by atoms with Gasteiger partial charge in [0.25, 0.3) is 0 Å². The highest BCUT2D eigenvalue weighted by Crippen LogP contribution is 2.40. The maximum Gasteiger partial charge on any atom is 0.234 e. The molecule has 24 heavy (non-hydrogen) atoms. The molecule has 1 saturated carbocycles. The Hall–Kier alpha value is -2.22. The molecule has 0 saturated heterocycles. The Kier molecular flexibility index (Phi) is 4.94.